The molecule has 1 amide bonds. The number of methoxy groups -OCH3 is 1. The molecule has 1 rings (SSSR count). The average Bonchev–Trinajstić information content (AvgIpc) is 2.69. The summed E-state index contributed by atoms with van der Waals surface area (Å²) >= 11 is 0. The monoisotopic (exact) mass is 274 g/mol. The zero-order chi connectivity index (χ0) is 13.6. The fraction of sp³-hybridized carbons (Fsp3) is 0.818. The molecule has 18 heavy (non-hydrogen) atoms. The van der Waals surface area contributed by atoms with Crippen molar-refractivity contribution in [2.45, 2.75) is 12.8 Å². The minimum Gasteiger partial charge on any atom is -0.383 e. The zero-order valence-corrected chi connectivity index (χ0v) is 11.3. The number of rotatable bonds is 6. The van der Waals surface area contributed by atoms with Gasteiger partial charge in [-0.05, 0) is 6.42 Å². The molecule has 102 valence electrons. The van der Waals surface area contributed by atoms with E-state index in [0.717, 1.165) is 0 Å². The molecule has 0 aliphatic carbocycles. The second kappa shape index (κ2) is 6.71. The van der Waals surface area contributed by atoms with Gasteiger partial charge in [-0.15, -0.1) is 0 Å². The van der Waals surface area contributed by atoms with Gasteiger partial charge >= 0.3 is 0 Å². The molecule has 1 fully saturated rings. The first-order valence-electron chi connectivity index (χ1n) is 5.85. The summed E-state index contributed by atoms with van der Waals surface area (Å²) in [4.78, 5) is 13.7. The van der Waals surface area contributed by atoms with E-state index in [0.29, 0.717) is 26.1 Å². The molecule has 0 spiro atoms. The number of ether oxygens (including phenoxy) is 1. The number of hydrogen-bond donors (Lipinski definition) is 0. The molecule has 6 nitrogen and oxygen atoms in total. The summed E-state index contributed by atoms with van der Waals surface area (Å²) in [7, 11) is -1.52. The smallest absolute Gasteiger partial charge is 0.226 e. The molecule has 7 heteroatoms. The fourth-order valence-corrected chi connectivity index (χ4v) is 3.70. The molecule has 1 saturated heterocycles. The standard InChI is InChI=1S/C11H18N2O4S/c1-17-7-6-13(5-2-4-12)11(14)10-3-8-18(15,16)9-10/h10H,2-3,5-9H2,1H3. The van der Waals surface area contributed by atoms with E-state index in [1.54, 1.807) is 0 Å². The van der Waals surface area contributed by atoms with Crippen LogP contribution in [0.1, 0.15) is 12.8 Å². The SMILES string of the molecule is COCCN(CCC#N)C(=O)C1CCS(=O)(=O)C1. The lowest BCUT2D eigenvalue weighted by molar-refractivity contribution is -0.135. The Balaban J connectivity index is 2.61. The van der Waals surface area contributed by atoms with Crippen LogP contribution < -0.4 is 0 Å². The van der Waals surface area contributed by atoms with Gasteiger partial charge in [0.2, 0.25) is 5.91 Å². The highest BCUT2D eigenvalue weighted by atomic mass is 32.2. The van der Waals surface area contributed by atoms with E-state index >= 15 is 0 Å². The van der Waals surface area contributed by atoms with Crippen molar-refractivity contribution < 1.29 is 17.9 Å². The summed E-state index contributed by atoms with van der Waals surface area (Å²) in [6.45, 7) is 1.11. The van der Waals surface area contributed by atoms with Crippen LogP contribution in [0.4, 0.5) is 0 Å². The second-order valence-electron chi connectivity index (χ2n) is 4.33. The highest BCUT2D eigenvalue weighted by Gasteiger charge is 2.35. The first-order valence-corrected chi connectivity index (χ1v) is 7.67. The molecular weight excluding hydrogens is 256 g/mol. The van der Waals surface area contributed by atoms with Gasteiger partial charge in [0, 0.05) is 20.2 Å². The molecule has 1 atom stereocenters. The first kappa shape index (κ1) is 14.9. The minimum atomic E-state index is -3.06. The minimum absolute atomic E-state index is 0.0676. The predicted molar refractivity (Wildman–Crippen MR) is 65.4 cm³/mol. The van der Waals surface area contributed by atoms with Crippen LogP contribution in [0.3, 0.4) is 0 Å². The Morgan fingerprint density at radius 3 is 2.72 bits per heavy atom. The Labute approximate surface area is 107 Å². The highest BCUT2D eigenvalue weighted by Crippen LogP contribution is 2.20. The molecule has 0 saturated carbocycles. The highest BCUT2D eigenvalue weighted by molar-refractivity contribution is 7.91. The maximum Gasteiger partial charge on any atom is 0.226 e. The van der Waals surface area contributed by atoms with E-state index in [1.807, 2.05) is 6.07 Å². The fourth-order valence-electron chi connectivity index (χ4n) is 1.97. The lowest BCUT2D eigenvalue weighted by atomic mass is 10.1. The van der Waals surface area contributed by atoms with Crippen LogP contribution in [0.2, 0.25) is 0 Å². The number of sulfone groups is 1. The lowest BCUT2D eigenvalue weighted by Crippen LogP contribution is -2.39. The summed E-state index contributed by atoms with van der Waals surface area (Å²) < 4.78 is 27.6. The Bertz CT molecular complexity index is 427. The molecule has 0 radical (unpaired) electrons. The number of carbonyl (C=O) groups excluding carboxylic acids is 1. The molecule has 0 bridgehead atoms. The quantitative estimate of drug-likeness (QED) is 0.670. The van der Waals surface area contributed by atoms with E-state index in [1.165, 1.54) is 12.0 Å². The lowest BCUT2D eigenvalue weighted by Gasteiger charge is -2.23. The van der Waals surface area contributed by atoms with Crippen molar-refractivity contribution >= 4 is 15.7 Å². The van der Waals surface area contributed by atoms with E-state index in [-0.39, 0.29) is 23.8 Å². The second-order valence-corrected chi connectivity index (χ2v) is 6.55. The van der Waals surface area contributed by atoms with E-state index < -0.39 is 15.8 Å². The molecule has 1 aliphatic heterocycles. The molecule has 1 heterocycles. The molecular formula is C11H18N2O4S. The van der Waals surface area contributed by atoms with Gasteiger partial charge < -0.3 is 9.64 Å². The van der Waals surface area contributed by atoms with Crippen LogP contribution in [0, 0.1) is 17.2 Å². The average molecular weight is 274 g/mol. The number of hydrogen-bond acceptors (Lipinski definition) is 5. The molecule has 0 N–H and O–H groups in total. The van der Waals surface area contributed by atoms with Gasteiger partial charge in [0.05, 0.1) is 36.5 Å². The van der Waals surface area contributed by atoms with E-state index in [2.05, 4.69) is 0 Å². The van der Waals surface area contributed by atoms with Crippen molar-refractivity contribution in [3.05, 3.63) is 0 Å². The molecule has 1 unspecified atom stereocenters. The van der Waals surface area contributed by atoms with Gasteiger partial charge in [-0.1, -0.05) is 0 Å². The summed E-state index contributed by atoms with van der Waals surface area (Å²) in [5.41, 5.74) is 0. The Morgan fingerprint density at radius 2 is 2.22 bits per heavy atom. The largest absolute Gasteiger partial charge is 0.383 e. The third kappa shape index (κ3) is 4.27. The molecule has 0 aromatic heterocycles. The maximum absolute atomic E-state index is 12.1. The van der Waals surface area contributed by atoms with Gasteiger partial charge in [0.15, 0.2) is 9.84 Å². The molecule has 0 aromatic carbocycles. The molecule has 1 aliphatic rings. The van der Waals surface area contributed by atoms with Crippen LogP contribution in [-0.4, -0.2) is 57.5 Å². The van der Waals surface area contributed by atoms with Crippen molar-refractivity contribution in [3.8, 4) is 6.07 Å². The third-order valence-corrected chi connectivity index (χ3v) is 4.72. The molecule has 0 aromatic rings. The van der Waals surface area contributed by atoms with Crippen LogP contribution in [0.5, 0.6) is 0 Å². The summed E-state index contributed by atoms with van der Waals surface area (Å²) in [5.74, 6) is -0.615. The maximum atomic E-state index is 12.1. The van der Waals surface area contributed by atoms with Gasteiger partial charge in [-0.25, -0.2) is 8.42 Å². The van der Waals surface area contributed by atoms with Crippen LogP contribution in [-0.2, 0) is 19.4 Å². The topological polar surface area (TPSA) is 87.5 Å². The number of carbonyl (C=O) groups is 1. The van der Waals surface area contributed by atoms with Crippen LogP contribution >= 0.6 is 0 Å². The Hall–Kier alpha value is -1.13. The first-order chi connectivity index (χ1) is 8.50. The summed E-state index contributed by atoms with van der Waals surface area (Å²) in [5, 5.41) is 8.56. The van der Waals surface area contributed by atoms with Crippen molar-refractivity contribution in [2.24, 2.45) is 5.92 Å². The summed E-state index contributed by atoms with van der Waals surface area (Å²) in [6, 6.07) is 1.98. The van der Waals surface area contributed by atoms with E-state index in [4.69, 9.17) is 10.00 Å². The van der Waals surface area contributed by atoms with Crippen molar-refractivity contribution in [1.29, 1.82) is 5.26 Å². The number of amides is 1. The third-order valence-electron chi connectivity index (χ3n) is 2.95. The Kier molecular flexibility index (Phi) is 5.56. The van der Waals surface area contributed by atoms with E-state index in [9.17, 15) is 13.2 Å². The van der Waals surface area contributed by atoms with Gasteiger partial charge in [-0.3, -0.25) is 4.79 Å². The number of nitriles is 1. The summed E-state index contributed by atoms with van der Waals surface area (Å²) in [6.07, 6.45) is 0.631. The number of nitrogens with zero attached hydrogens (tertiary/aromatic N) is 2. The van der Waals surface area contributed by atoms with Crippen LogP contribution in [0.15, 0.2) is 0 Å². The van der Waals surface area contributed by atoms with Gasteiger partial charge in [0.25, 0.3) is 0 Å². The van der Waals surface area contributed by atoms with Gasteiger partial charge in [-0.2, -0.15) is 5.26 Å². The van der Waals surface area contributed by atoms with Crippen molar-refractivity contribution in [2.75, 3.05) is 38.3 Å². The van der Waals surface area contributed by atoms with Crippen molar-refractivity contribution in [1.82, 2.24) is 4.90 Å². The zero-order valence-electron chi connectivity index (χ0n) is 10.5. The van der Waals surface area contributed by atoms with Crippen LogP contribution in [0.25, 0.3) is 0 Å². The van der Waals surface area contributed by atoms with Crippen molar-refractivity contribution in [3.63, 3.8) is 0 Å². The Morgan fingerprint density at radius 1 is 1.50 bits per heavy atom. The van der Waals surface area contributed by atoms with Gasteiger partial charge in [0.1, 0.15) is 0 Å². The normalized spacial score (nSPS) is 21.4. The predicted octanol–water partition coefficient (Wildman–Crippen LogP) is -0.190.